The lowest BCUT2D eigenvalue weighted by atomic mass is 9.80. The lowest BCUT2D eigenvalue weighted by Crippen LogP contribution is -2.39. The Morgan fingerprint density at radius 1 is 1.11 bits per heavy atom. The minimum absolute atomic E-state index is 0.0191. The molecule has 108 valence electrons. The third kappa shape index (κ3) is 5.57. The molecule has 1 rings (SSSR count). The summed E-state index contributed by atoms with van der Waals surface area (Å²) in [5.41, 5.74) is -0.184. The van der Waals surface area contributed by atoms with Crippen LogP contribution in [-0.4, -0.2) is 42.9 Å². The van der Waals surface area contributed by atoms with Gasteiger partial charge in [0.05, 0.1) is 6.42 Å². The third-order valence-electron chi connectivity index (χ3n) is 3.88. The van der Waals surface area contributed by atoms with E-state index >= 15 is 0 Å². The van der Waals surface area contributed by atoms with Crippen LogP contribution in [0.3, 0.4) is 0 Å². The van der Waals surface area contributed by atoms with E-state index in [9.17, 15) is 18.3 Å². The molecule has 0 heterocycles. The largest absolute Gasteiger partial charge is 0.396 e. The lowest BCUT2D eigenvalue weighted by molar-refractivity contribution is -0.138. The Morgan fingerprint density at radius 2 is 1.67 bits per heavy atom. The highest BCUT2D eigenvalue weighted by Crippen LogP contribution is 2.35. The van der Waals surface area contributed by atoms with E-state index in [0.717, 1.165) is 25.7 Å². The Labute approximate surface area is 107 Å². The summed E-state index contributed by atoms with van der Waals surface area (Å²) >= 11 is 0. The molecule has 0 saturated heterocycles. The SMILES string of the molecule is CN(CCC(F)(F)F)CC1(CO)CCCCCC1. The molecule has 0 aromatic heterocycles. The summed E-state index contributed by atoms with van der Waals surface area (Å²) in [7, 11) is 1.72. The molecule has 5 heteroatoms. The Morgan fingerprint density at radius 3 is 2.11 bits per heavy atom. The number of alkyl halides is 3. The van der Waals surface area contributed by atoms with Crippen molar-refractivity contribution in [1.29, 1.82) is 0 Å². The zero-order valence-corrected chi connectivity index (χ0v) is 11.1. The number of nitrogens with zero attached hydrogens (tertiary/aromatic N) is 1. The first-order chi connectivity index (χ1) is 8.37. The highest BCUT2D eigenvalue weighted by Gasteiger charge is 2.33. The number of aliphatic hydroxyl groups is 1. The second-order valence-electron chi connectivity index (χ2n) is 5.68. The molecule has 0 bridgehead atoms. The van der Waals surface area contributed by atoms with Crippen molar-refractivity contribution < 1.29 is 18.3 Å². The lowest BCUT2D eigenvalue weighted by Gasteiger charge is -2.35. The van der Waals surface area contributed by atoms with E-state index < -0.39 is 12.6 Å². The topological polar surface area (TPSA) is 23.5 Å². The number of halogens is 3. The Bertz CT molecular complexity index is 235. The fourth-order valence-corrected chi connectivity index (χ4v) is 2.81. The molecule has 0 spiro atoms. The Kier molecular flexibility index (Phi) is 5.92. The normalized spacial score (nSPS) is 21.0. The van der Waals surface area contributed by atoms with Crippen molar-refractivity contribution in [2.45, 2.75) is 51.1 Å². The van der Waals surface area contributed by atoms with Crippen LogP contribution in [0, 0.1) is 5.41 Å². The zero-order valence-electron chi connectivity index (χ0n) is 11.1. The van der Waals surface area contributed by atoms with Gasteiger partial charge in [-0.15, -0.1) is 0 Å². The van der Waals surface area contributed by atoms with Crippen LogP contribution in [0.25, 0.3) is 0 Å². The van der Waals surface area contributed by atoms with Crippen LogP contribution in [0.1, 0.15) is 44.9 Å². The van der Waals surface area contributed by atoms with Crippen LogP contribution in [0.2, 0.25) is 0 Å². The predicted octanol–water partition coefficient (Wildman–Crippen LogP) is 3.20. The van der Waals surface area contributed by atoms with Gasteiger partial charge in [-0.3, -0.25) is 0 Å². The number of hydrogen-bond acceptors (Lipinski definition) is 2. The summed E-state index contributed by atoms with van der Waals surface area (Å²) in [6.07, 6.45) is 1.50. The van der Waals surface area contributed by atoms with E-state index in [2.05, 4.69) is 0 Å². The fourth-order valence-electron chi connectivity index (χ4n) is 2.81. The van der Waals surface area contributed by atoms with Crippen molar-refractivity contribution in [3.05, 3.63) is 0 Å². The van der Waals surface area contributed by atoms with Crippen molar-refractivity contribution in [1.82, 2.24) is 4.90 Å². The summed E-state index contributed by atoms with van der Waals surface area (Å²) in [5, 5.41) is 9.59. The van der Waals surface area contributed by atoms with E-state index in [4.69, 9.17) is 0 Å². The Balaban J connectivity index is 2.45. The van der Waals surface area contributed by atoms with Crippen LogP contribution >= 0.6 is 0 Å². The van der Waals surface area contributed by atoms with Gasteiger partial charge in [0.1, 0.15) is 0 Å². The number of aliphatic hydroxyl groups excluding tert-OH is 1. The molecule has 1 saturated carbocycles. The van der Waals surface area contributed by atoms with Gasteiger partial charge in [-0.25, -0.2) is 0 Å². The molecule has 1 fully saturated rings. The van der Waals surface area contributed by atoms with Gasteiger partial charge in [-0.05, 0) is 19.9 Å². The monoisotopic (exact) mass is 267 g/mol. The van der Waals surface area contributed by atoms with Crippen molar-refractivity contribution in [2.24, 2.45) is 5.41 Å². The summed E-state index contributed by atoms with van der Waals surface area (Å²) in [6, 6.07) is 0. The molecule has 0 atom stereocenters. The molecular weight excluding hydrogens is 243 g/mol. The van der Waals surface area contributed by atoms with E-state index in [1.807, 2.05) is 0 Å². The van der Waals surface area contributed by atoms with Crippen molar-refractivity contribution in [2.75, 3.05) is 26.7 Å². The molecule has 1 N–H and O–H groups in total. The quantitative estimate of drug-likeness (QED) is 0.773. The molecular formula is C13H24F3NO. The number of hydrogen-bond donors (Lipinski definition) is 1. The van der Waals surface area contributed by atoms with Crippen molar-refractivity contribution >= 4 is 0 Å². The summed E-state index contributed by atoms with van der Waals surface area (Å²) in [6.45, 7) is 0.675. The molecule has 0 aliphatic heterocycles. The van der Waals surface area contributed by atoms with Gasteiger partial charge >= 0.3 is 6.18 Å². The summed E-state index contributed by atoms with van der Waals surface area (Å²) in [5.74, 6) is 0. The number of rotatable bonds is 5. The molecule has 0 aromatic rings. The first-order valence-corrected chi connectivity index (χ1v) is 6.73. The van der Waals surface area contributed by atoms with Gasteiger partial charge in [0, 0.05) is 25.1 Å². The standard InChI is InChI=1S/C13H24F3NO/c1-17(9-8-13(14,15)16)10-12(11-18)6-4-2-3-5-7-12/h18H,2-11H2,1H3. The minimum atomic E-state index is -4.09. The first kappa shape index (κ1) is 15.8. The Hall–Kier alpha value is -0.290. The van der Waals surface area contributed by atoms with Gasteiger partial charge in [0.15, 0.2) is 0 Å². The van der Waals surface area contributed by atoms with Gasteiger partial charge in [0.2, 0.25) is 0 Å². The maximum absolute atomic E-state index is 12.2. The smallest absolute Gasteiger partial charge is 0.390 e. The molecule has 0 amide bonds. The summed E-state index contributed by atoms with van der Waals surface area (Å²) in [4.78, 5) is 1.72. The minimum Gasteiger partial charge on any atom is -0.396 e. The van der Waals surface area contributed by atoms with E-state index in [1.165, 1.54) is 12.8 Å². The van der Waals surface area contributed by atoms with Gasteiger partial charge in [-0.1, -0.05) is 25.7 Å². The molecule has 1 aliphatic carbocycles. The average molecular weight is 267 g/mol. The van der Waals surface area contributed by atoms with Gasteiger partial charge in [0.25, 0.3) is 0 Å². The molecule has 1 aliphatic rings. The van der Waals surface area contributed by atoms with Crippen molar-refractivity contribution in [3.8, 4) is 0 Å². The van der Waals surface area contributed by atoms with Crippen LogP contribution in [0.4, 0.5) is 13.2 Å². The van der Waals surface area contributed by atoms with E-state index in [-0.39, 0.29) is 18.6 Å². The highest BCUT2D eigenvalue weighted by atomic mass is 19.4. The summed E-state index contributed by atoms with van der Waals surface area (Å²) < 4.78 is 36.5. The molecule has 2 nitrogen and oxygen atoms in total. The molecule has 0 radical (unpaired) electrons. The van der Waals surface area contributed by atoms with Crippen LogP contribution in [0.5, 0.6) is 0 Å². The van der Waals surface area contributed by atoms with Gasteiger partial charge in [-0.2, -0.15) is 13.2 Å². The fraction of sp³-hybridized carbons (Fsp3) is 1.00. The molecule has 0 unspecified atom stereocenters. The molecule has 18 heavy (non-hydrogen) atoms. The highest BCUT2D eigenvalue weighted by molar-refractivity contribution is 4.83. The van der Waals surface area contributed by atoms with E-state index in [1.54, 1.807) is 11.9 Å². The first-order valence-electron chi connectivity index (χ1n) is 6.73. The molecule has 0 aromatic carbocycles. The van der Waals surface area contributed by atoms with Crippen molar-refractivity contribution in [3.63, 3.8) is 0 Å². The van der Waals surface area contributed by atoms with Gasteiger partial charge < -0.3 is 10.0 Å². The average Bonchev–Trinajstić information content (AvgIpc) is 2.52. The maximum Gasteiger partial charge on any atom is 0.390 e. The van der Waals surface area contributed by atoms with Crippen LogP contribution < -0.4 is 0 Å². The van der Waals surface area contributed by atoms with Crippen LogP contribution in [0.15, 0.2) is 0 Å². The van der Waals surface area contributed by atoms with E-state index in [0.29, 0.717) is 6.54 Å². The third-order valence-corrected chi connectivity index (χ3v) is 3.88. The second-order valence-corrected chi connectivity index (χ2v) is 5.68. The predicted molar refractivity (Wildman–Crippen MR) is 65.4 cm³/mol. The zero-order chi connectivity index (χ0) is 13.6. The maximum atomic E-state index is 12.2. The second kappa shape index (κ2) is 6.75. The van der Waals surface area contributed by atoms with Crippen LogP contribution in [-0.2, 0) is 0 Å².